The van der Waals surface area contributed by atoms with Gasteiger partial charge in [0.15, 0.2) is 0 Å². The second kappa shape index (κ2) is 4.53. The largest absolute Gasteiger partial charge is 0.397 e. The zero-order valence-corrected chi connectivity index (χ0v) is 10.2. The van der Waals surface area contributed by atoms with Gasteiger partial charge in [-0.25, -0.2) is 4.98 Å². The third-order valence-electron chi connectivity index (χ3n) is 2.56. The fraction of sp³-hybridized carbons (Fsp3) is 0.250. The Bertz CT molecular complexity index is 465. The number of pyridine rings is 1. The number of anilines is 2. The van der Waals surface area contributed by atoms with Crippen LogP contribution in [-0.4, -0.2) is 4.98 Å². The van der Waals surface area contributed by atoms with Crippen LogP contribution in [0.5, 0.6) is 0 Å². The number of thiophene rings is 1. The van der Waals surface area contributed by atoms with Crippen molar-refractivity contribution in [3.63, 3.8) is 0 Å². The maximum atomic E-state index is 5.73. The minimum atomic E-state index is 0.266. The molecule has 2 rings (SSSR count). The standard InChI is InChI=1S/C12H15N3S/c1-8-5-12(14-6-11(8)13)15-9(2)10-3-4-16-7-10/h3-7,9H,13H2,1-2H3,(H,14,15). The number of nitrogen functional groups attached to an aromatic ring is 1. The molecule has 0 bridgehead atoms. The summed E-state index contributed by atoms with van der Waals surface area (Å²) in [4.78, 5) is 4.26. The quantitative estimate of drug-likeness (QED) is 0.856. The van der Waals surface area contributed by atoms with Crippen molar-refractivity contribution >= 4 is 22.8 Å². The molecule has 0 saturated carbocycles. The lowest BCUT2D eigenvalue weighted by molar-refractivity contribution is 0.879. The number of nitrogens with two attached hydrogens (primary N) is 1. The van der Waals surface area contributed by atoms with Crippen LogP contribution < -0.4 is 11.1 Å². The normalized spacial score (nSPS) is 12.4. The molecule has 0 aliphatic carbocycles. The molecule has 0 amide bonds. The Balaban J connectivity index is 2.12. The van der Waals surface area contributed by atoms with Crippen molar-refractivity contribution in [2.24, 2.45) is 0 Å². The van der Waals surface area contributed by atoms with E-state index in [1.807, 2.05) is 13.0 Å². The summed E-state index contributed by atoms with van der Waals surface area (Å²) >= 11 is 1.70. The summed E-state index contributed by atoms with van der Waals surface area (Å²) in [5.41, 5.74) is 8.79. The van der Waals surface area contributed by atoms with E-state index >= 15 is 0 Å². The van der Waals surface area contributed by atoms with Crippen LogP contribution in [0.2, 0.25) is 0 Å². The van der Waals surface area contributed by atoms with E-state index in [4.69, 9.17) is 5.73 Å². The van der Waals surface area contributed by atoms with Crippen molar-refractivity contribution in [3.05, 3.63) is 40.2 Å². The van der Waals surface area contributed by atoms with E-state index in [0.29, 0.717) is 0 Å². The van der Waals surface area contributed by atoms with E-state index in [1.165, 1.54) is 5.56 Å². The van der Waals surface area contributed by atoms with Gasteiger partial charge in [-0.3, -0.25) is 0 Å². The molecule has 3 nitrogen and oxygen atoms in total. The van der Waals surface area contributed by atoms with Crippen LogP contribution in [0.15, 0.2) is 29.1 Å². The number of aromatic nitrogens is 1. The van der Waals surface area contributed by atoms with Gasteiger partial charge >= 0.3 is 0 Å². The molecule has 3 N–H and O–H groups in total. The summed E-state index contributed by atoms with van der Waals surface area (Å²) in [6.45, 7) is 4.10. The third-order valence-corrected chi connectivity index (χ3v) is 3.26. The minimum Gasteiger partial charge on any atom is -0.397 e. The average molecular weight is 233 g/mol. The van der Waals surface area contributed by atoms with Crippen LogP contribution >= 0.6 is 11.3 Å². The number of nitrogens with one attached hydrogen (secondary N) is 1. The summed E-state index contributed by atoms with van der Waals surface area (Å²) in [5, 5.41) is 7.57. The van der Waals surface area contributed by atoms with Gasteiger partial charge in [0.05, 0.1) is 17.9 Å². The predicted molar refractivity (Wildman–Crippen MR) is 69.7 cm³/mol. The van der Waals surface area contributed by atoms with Crippen LogP contribution in [0, 0.1) is 6.92 Å². The Morgan fingerprint density at radius 3 is 2.94 bits per heavy atom. The molecule has 0 saturated heterocycles. The van der Waals surface area contributed by atoms with Crippen LogP contribution in [0.25, 0.3) is 0 Å². The van der Waals surface area contributed by atoms with E-state index in [0.717, 1.165) is 17.1 Å². The third kappa shape index (κ3) is 2.33. The summed E-state index contributed by atoms with van der Waals surface area (Å²) < 4.78 is 0. The Hall–Kier alpha value is -1.55. The van der Waals surface area contributed by atoms with Gasteiger partial charge in [-0.05, 0) is 47.9 Å². The maximum absolute atomic E-state index is 5.73. The molecular weight excluding hydrogens is 218 g/mol. The highest BCUT2D eigenvalue weighted by molar-refractivity contribution is 7.07. The molecule has 1 unspecified atom stereocenters. The SMILES string of the molecule is Cc1cc(NC(C)c2ccsc2)ncc1N. The van der Waals surface area contributed by atoms with Gasteiger partial charge in [0.25, 0.3) is 0 Å². The maximum Gasteiger partial charge on any atom is 0.126 e. The van der Waals surface area contributed by atoms with Crippen LogP contribution in [0.1, 0.15) is 24.1 Å². The molecule has 0 spiro atoms. The first-order valence-electron chi connectivity index (χ1n) is 5.17. The lowest BCUT2D eigenvalue weighted by Gasteiger charge is -2.14. The highest BCUT2D eigenvalue weighted by Gasteiger charge is 2.06. The topological polar surface area (TPSA) is 50.9 Å². The molecule has 4 heteroatoms. The Morgan fingerprint density at radius 1 is 1.50 bits per heavy atom. The summed E-state index contributed by atoms with van der Waals surface area (Å²) in [6, 6.07) is 4.35. The van der Waals surface area contributed by atoms with Crippen molar-refractivity contribution in [2.45, 2.75) is 19.9 Å². The van der Waals surface area contributed by atoms with Gasteiger partial charge in [0.2, 0.25) is 0 Å². The minimum absolute atomic E-state index is 0.266. The fourth-order valence-corrected chi connectivity index (χ4v) is 2.23. The highest BCUT2D eigenvalue weighted by Crippen LogP contribution is 2.21. The highest BCUT2D eigenvalue weighted by atomic mass is 32.1. The van der Waals surface area contributed by atoms with Crippen LogP contribution in [0.3, 0.4) is 0 Å². The molecular formula is C12H15N3S. The molecule has 2 heterocycles. The van der Waals surface area contributed by atoms with Crippen molar-refractivity contribution in [2.75, 3.05) is 11.1 Å². The van der Waals surface area contributed by atoms with Gasteiger partial charge < -0.3 is 11.1 Å². The average Bonchev–Trinajstić information content (AvgIpc) is 2.77. The number of hydrogen-bond donors (Lipinski definition) is 2. The molecule has 16 heavy (non-hydrogen) atoms. The first-order chi connectivity index (χ1) is 7.66. The van der Waals surface area contributed by atoms with Gasteiger partial charge in [-0.2, -0.15) is 11.3 Å². The summed E-state index contributed by atoms with van der Waals surface area (Å²) in [5.74, 6) is 0.866. The monoisotopic (exact) mass is 233 g/mol. The number of rotatable bonds is 3. The first-order valence-corrected chi connectivity index (χ1v) is 6.12. The lowest BCUT2D eigenvalue weighted by Crippen LogP contribution is -2.07. The Kier molecular flexibility index (Phi) is 3.10. The lowest BCUT2D eigenvalue weighted by atomic mass is 10.2. The van der Waals surface area contributed by atoms with Crippen molar-refractivity contribution in [1.82, 2.24) is 4.98 Å². The molecule has 2 aromatic heterocycles. The molecule has 0 radical (unpaired) electrons. The summed E-state index contributed by atoms with van der Waals surface area (Å²) in [6.07, 6.45) is 1.69. The smallest absolute Gasteiger partial charge is 0.126 e. The predicted octanol–water partition coefficient (Wildman–Crippen LogP) is 3.21. The van der Waals surface area contributed by atoms with Gasteiger partial charge in [-0.1, -0.05) is 0 Å². The van der Waals surface area contributed by atoms with Gasteiger partial charge in [-0.15, -0.1) is 0 Å². The fourth-order valence-electron chi connectivity index (χ4n) is 1.47. The van der Waals surface area contributed by atoms with E-state index in [1.54, 1.807) is 17.5 Å². The van der Waals surface area contributed by atoms with E-state index in [2.05, 4.69) is 34.1 Å². The molecule has 0 fully saturated rings. The molecule has 2 aromatic rings. The van der Waals surface area contributed by atoms with Gasteiger partial charge in [0, 0.05) is 0 Å². The second-order valence-corrected chi connectivity index (χ2v) is 4.63. The Morgan fingerprint density at radius 2 is 2.31 bits per heavy atom. The molecule has 84 valence electrons. The summed E-state index contributed by atoms with van der Waals surface area (Å²) in [7, 11) is 0. The number of hydrogen-bond acceptors (Lipinski definition) is 4. The van der Waals surface area contributed by atoms with E-state index < -0.39 is 0 Å². The van der Waals surface area contributed by atoms with Crippen molar-refractivity contribution in [1.29, 1.82) is 0 Å². The van der Waals surface area contributed by atoms with Gasteiger partial charge in [0.1, 0.15) is 5.82 Å². The Labute approximate surface area is 99.3 Å². The molecule has 1 atom stereocenters. The zero-order valence-electron chi connectivity index (χ0n) is 9.40. The van der Waals surface area contributed by atoms with Crippen LogP contribution in [0.4, 0.5) is 11.5 Å². The van der Waals surface area contributed by atoms with E-state index in [-0.39, 0.29) is 6.04 Å². The molecule has 0 aromatic carbocycles. The number of aryl methyl sites for hydroxylation is 1. The first kappa shape index (κ1) is 11.0. The zero-order chi connectivity index (χ0) is 11.5. The molecule has 0 aliphatic heterocycles. The number of nitrogens with zero attached hydrogens (tertiary/aromatic N) is 1. The van der Waals surface area contributed by atoms with Crippen molar-refractivity contribution < 1.29 is 0 Å². The van der Waals surface area contributed by atoms with E-state index in [9.17, 15) is 0 Å². The van der Waals surface area contributed by atoms with Crippen molar-refractivity contribution in [3.8, 4) is 0 Å². The second-order valence-electron chi connectivity index (χ2n) is 3.85. The van der Waals surface area contributed by atoms with Crippen LogP contribution in [-0.2, 0) is 0 Å². The molecule has 0 aliphatic rings.